The monoisotopic (exact) mass is 427 g/mol. The Hall–Kier alpha value is -2.03. The fourth-order valence-electron chi connectivity index (χ4n) is 3.45. The fraction of sp³-hybridized carbons (Fsp3) is 0.857. The van der Waals surface area contributed by atoms with E-state index in [-0.39, 0.29) is 30.6 Å². The van der Waals surface area contributed by atoms with Crippen LogP contribution in [0.1, 0.15) is 60.8 Å². The molecule has 0 saturated carbocycles. The Morgan fingerprint density at radius 1 is 0.967 bits per heavy atom. The van der Waals surface area contributed by atoms with Gasteiger partial charge in [-0.2, -0.15) is 0 Å². The number of rotatable bonds is 3. The SMILES string of the molecule is CC(C)(C)OC(=O)NC1CCCN(C(=O)CC2CN(C(=O)OC(C)(C)C)CCO2)C1. The first-order valence-corrected chi connectivity index (χ1v) is 10.7. The summed E-state index contributed by atoms with van der Waals surface area (Å²) in [5.74, 6) is -0.0401. The largest absolute Gasteiger partial charge is 0.444 e. The van der Waals surface area contributed by atoms with Crippen molar-refractivity contribution >= 4 is 18.1 Å². The number of ether oxygens (including phenoxy) is 3. The molecule has 9 heteroatoms. The van der Waals surface area contributed by atoms with Crippen molar-refractivity contribution in [1.82, 2.24) is 15.1 Å². The fourth-order valence-corrected chi connectivity index (χ4v) is 3.45. The van der Waals surface area contributed by atoms with Crippen molar-refractivity contribution in [1.29, 1.82) is 0 Å². The van der Waals surface area contributed by atoms with E-state index in [1.165, 1.54) is 0 Å². The third-order valence-corrected chi connectivity index (χ3v) is 4.69. The van der Waals surface area contributed by atoms with Crippen LogP contribution in [-0.2, 0) is 19.0 Å². The van der Waals surface area contributed by atoms with Crippen molar-refractivity contribution in [3.63, 3.8) is 0 Å². The molecule has 0 aliphatic carbocycles. The number of piperidine rings is 1. The lowest BCUT2D eigenvalue weighted by molar-refractivity contribution is -0.137. The summed E-state index contributed by atoms with van der Waals surface area (Å²) in [6, 6.07) is -0.136. The van der Waals surface area contributed by atoms with Crippen molar-refractivity contribution < 1.29 is 28.6 Å². The molecule has 0 aromatic carbocycles. The molecule has 2 unspecified atom stereocenters. The molecule has 9 nitrogen and oxygen atoms in total. The minimum absolute atomic E-state index is 0.0401. The van der Waals surface area contributed by atoms with Gasteiger partial charge in [0.2, 0.25) is 5.91 Å². The minimum atomic E-state index is -0.565. The number of alkyl carbamates (subject to hydrolysis) is 1. The minimum Gasteiger partial charge on any atom is -0.444 e. The molecule has 0 radical (unpaired) electrons. The molecular formula is C21H37N3O6. The smallest absolute Gasteiger partial charge is 0.410 e. The van der Waals surface area contributed by atoms with Gasteiger partial charge in [0.15, 0.2) is 0 Å². The van der Waals surface area contributed by atoms with Crippen LogP contribution in [-0.4, -0.2) is 84.0 Å². The zero-order valence-electron chi connectivity index (χ0n) is 19.2. The average molecular weight is 428 g/mol. The number of carbonyl (C=O) groups is 3. The Labute approximate surface area is 179 Å². The molecule has 2 fully saturated rings. The van der Waals surface area contributed by atoms with Crippen molar-refractivity contribution in [2.45, 2.75) is 84.2 Å². The van der Waals surface area contributed by atoms with E-state index in [2.05, 4.69) is 5.32 Å². The normalized spacial score (nSPS) is 23.0. The first-order chi connectivity index (χ1) is 13.8. The van der Waals surface area contributed by atoms with Gasteiger partial charge in [0.05, 0.1) is 25.7 Å². The summed E-state index contributed by atoms with van der Waals surface area (Å²) in [5, 5.41) is 2.85. The number of nitrogens with one attached hydrogen (secondary N) is 1. The molecule has 0 aromatic heterocycles. The predicted octanol–water partition coefficient (Wildman–Crippen LogP) is 2.53. The van der Waals surface area contributed by atoms with E-state index in [4.69, 9.17) is 14.2 Å². The zero-order valence-corrected chi connectivity index (χ0v) is 19.2. The molecule has 1 N–H and O–H groups in total. The second-order valence-corrected chi connectivity index (χ2v) is 9.95. The van der Waals surface area contributed by atoms with Gasteiger partial charge in [0.25, 0.3) is 0 Å². The van der Waals surface area contributed by atoms with E-state index in [1.54, 1.807) is 9.80 Å². The third kappa shape index (κ3) is 8.38. The molecule has 2 saturated heterocycles. The maximum absolute atomic E-state index is 12.8. The maximum Gasteiger partial charge on any atom is 0.410 e. The quantitative estimate of drug-likeness (QED) is 0.743. The highest BCUT2D eigenvalue weighted by Crippen LogP contribution is 2.18. The van der Waals surface area contributed by atoms with Gasteiger partial charge in [-0.1, -0.05) is 0 Å². The molecule has 2 atom stereocenters. The number of carbonyl (C=O) groups excluding carboxylic acids is 3. The maximum atomic E-state index is 12.8. The molecule has 2 aliphatic rings. The van der Waals surface area contributed by atoms with E-state index >= 15 is 0 Å². The number of hydrogen-bond donors (Lipinski definition) is 1. The molecule has 172 valence electrons. The second kappa shape index (κ2) is 9.85. The Balaban J connectivity index is 1.83. The topological polar surface area (TPSA) is 97.4 Å². The summed E-state index contributed by atoms with van der Waals surface area (Å²) >= 11 is 0. The summed E-state index contributed by atoms with van der Waals surface area (Å²) in [4.78, 5) is 40.4. The van der Waals surface area contributed by atoms with E-state index in [9.17, 15) is 14.4 Å². The van der Waals surface area contributed by atoms with Crippen LogP contribution in [0.25, 0.3) is 0 Å². The number of nitrogens with zero attached hydrogens (tertiary/aromatic N) is 2. The van der Waals surface area contributed by atoms with Gasteiger partial charge in [0, 0.05) is 25.7 Å². The van der Waals surface area contributed by atoms with Gasteiger partial charge in [-0.25, -0.2) is 9.59 Å². The summed E-state index contributed by atoms with van der Waals surface area (Å²) in [6.45, 7) is 13.2. The Morgan fingerprint density at radius 2 is 1.63 bits per heavy atom. The second-order valence-electron chi connectivity index (χ2n) is 9.95. The predicted molar refractivity (Wildman–Crippen MR) is 111 cm³/mol. The zero-order chi connectivity index (χ0) is 22.5. The van der Waals surface area contributed by atoms with E-state index in [0.717, 1.165) is 12.8 Å². The van der Waals surface area contributed by atoms with Crippen LogP contribution in [0, 0.1) is 0 Å². The third-order valence-electron chi connectivity index (χ3n) is 4.69. The van der Waals surface area contributed by atoms with Crippen LogP contribution in [0.5, 0.6) is 0 Å². The molecule has 2 aliphatic heterocycles. The van der Waals surface area contributed by atoms with E-state index in [0.29, 0.717) is 32.8 Å². The standard InChI is InChI=1S/C21H37N3O6/c1-20(2,3)29-18(26)22-15-8-7-9-23(13-15)17(25)12-16-14-24(10-11-28-16)19(27)30-21(4,5)6/h15-16H,7-14H2,1-6H3,(H,22,26). The van der Waals surface area contributed by atoms with Crippen LogP contribution in [0.2, 0.25) is 0 Å². The molecule has 0 aromatic rings. The van der Waals surface area contributed by atoms with Gasteiger partial charge < -0.3 is 29.3 Å². The Bertz CT molecular complexity index is 625. The number of hydrogen-bond acceptors (Lipinski definition) is 6. The van der Waals surface area contributed by atoms with Crippen molar-refractivity contribution in [3.8, 4) is 0 Å². The van der Waals surface area contributed by atoms with E-state index < -0.39 is 17.3 Å². The first kappa shape index (κ1) is 24.2. The number of morpholine rings is 1. The first-order valence-electron chi connectivity index (χ1n) is 10.7. The molecule has 0 bridgehead atoms. The lowest BCUT2D eigenvalue weighted by atomic mass is 10.0. The number of likely N-dealkylation sites (tertiary alicyclic amines) is 1. The summed E-state index contributed by atoms with van der Waals surface area (Å²) in [6.07, 6.45) is 0.585. The molecule has 2 heterocycles. The molecule has 0 spiro atoms. The number of amides is 3. The average Bonchev–Trinajstić information content (AvgIpc) is 2.59. The van der Waals surface area contributed by atoms with Gasteiger partial charge in [-0.15, -0.1) is 0 Å². The summed E-state index contributed by atoms with van der Waals surface area (Å²) < 4.78 is 16.4. The Morgan fingerprint density at radius 3 is 2.27 bits per heavy atom. The van der Waals surface area contributed by atoms with Crippen LogP contribution < -0.4 is 5.32 Å². The lowest BCUT2D eigenvalue weighted by Gasteiger charge is -2.36. The Kier molecular flexibility index (Phi) is 7.96. The summed E-state index contributed by atoms with van der Waals surface area (Å²) in [7, 11) is 0. The van der Waals surface area contributed by atoms with E-state index in [1.807, 2.05) is 41.5 Å². The van der Waals surface area contributed by atoms with Crippen molar-refractivity contribution in [2.75, 3.05) is 32.8 Å². The van der Waals surface area contributed by atoms with Gasteiger partial charge in [-0.05, 0) is 54.4 Å². The lowest BCUT2D eigenvalue weighted by Crippen LogP contribution is -2.52. The van der Waals surface area contributed by atoms with Crippen LogP contribution in [0.3, 0.4) is 0 Å². The summed E-state index contributed by atoms with van der Waals surface area (Å²) in [5.41, 5.74) is -1.13. The van der Waals surface area contributed by atoms with Gasteiger partial charge >= 0.3 is 12.2 Å². The molecule has 2 rings (SSSR count). The van der Waals surface area contributed by atoms with Crippen LogP contribution in [0.4, 0.5) is 9.59 Å². The molecular weight excluding hydrogens is 390 g/mol. The highest BCUT2D eigenvalue weighted by Gasteiger charge is 2.32. The van der Waals surface area contributed by atoms with Gasteiger partial charge in [0.1, 0.15) is 11.2 Å². The van der Waals surface area contributed by atoms with Crippen LogP contribution in [0.15, 0.2) is 0 Å². The molecule has 3 amide bonds. The van der Waals surface area contributed by atoms with Gasteiger partial charge in [-0.3, -0.25) is 4.79 Å². The van der Waals surface area contributed by atoms with Crippen molar-refractivity contribution in [2.24, 2.45) is 0 Å². The van der Waals surface area contributed by atoms with Crippen LogP contribution >= 0.6 is 0 Å². The highest BCUT2D eigenvalue weighted by atomic mass is 16.6. The van der Waals surface area contributed by atoms with Crippen molar-refractivity contribution in [3.05, 3.63) is 0 Å². The highest BCUT2D eigenvalue weighted by molar-refractivity contribution is 5.77. The molecule has 30 heavy (non-hydrogen) atoms.